The van der Waals surface area contributed by atoms with Crippen LogP contribution in [0.1, 0.15) is 24.5 Å². The Morgan fingerprint density at radius 1 is 1.21 bits per heavy atom. The van der Waals surface area contributed by atoms with Gasteiger partial charge in [-0.3, -0.25) is 9.52 Å². The molecule has 0 aliphatic carbocycles. The number of carbonyl (C=O) groups is 1. The first kappa shape index (κ1) is 22.3. The third-order valence-corrected chi connectivity index (χ3v) is 5.89. The molecule has 2 rings (SSSR count). The molecule has 0 aromatic heterocycles. The number of hydrogen-bond acceptors (Lipinski definition) is 4. The van der Waals surface area contributed by atoms with Crippen molar-refractivity contribution in [1.29, 1.82) is 0 Å². The summed E-state index contributed by atoms with van der Waals surface area (Å²) in [5.74, 6) is -1.48. The molecule has 0 heterocycles. The van der Waals surface area contributed by atoms with Crippen molar-refractivity contribution in [2.24, 2.45) is 0 Å². The van der Waals surface area contributed by atoms with Crippen LogP contribution in [0.2, 0.25) is 10.0 Å². The Morgan fingerprint density at radius 3 is 2.43 bits per heavy atom. The minimum Gasteiger partial charge on any atom is -0.489 e. The molecular weight excluding hydrogens is 432 g/mol. The number of ether oxygens (including phenoxy) is 1. The van der Waals surface area contributed by atoms with E-state index in [1.165, 1.54) is 6.92 Å². The number of rotatable bonds is 9. The van der Waals surface area contributed by atoms with Gasteiger partial charge in [0.2, 0.25) is 10.0 Å². The molecule has 0 bridgehead atoms. The van der Waals surface area contributed by atoms with Crippen molar-refractivity contribution < 1.29 is 27.4 Å². The molecule has 0 aliphatic heterocycles. The van der Waals surface area contributed by atoms with Gasteiger partial charge in [0.15, 0.2) is 0 Å². The average Bonchev–Trinajstić information content (AvgIpc) is 2.66. The number of benzene rings is 2. The van der Waals surface area contributed by atoms with Gasteiger partial charge < -0.3 is 9.84 Å². The van der Waals surface area contributed by atoms with Crippen LogP contribution in [0, 0.1) is 5.82 Å². The molecule has 0 saturated carbocycles. The van der Waals surface area contributed by atoms with Crippen molar-refractivity contribution in [1.82, 2.24) is 0 Å². The van der Waals surface area contributed by atoms with Crippen LogP contribution in [0.4, 0.5) is 10.1 Å². The second kappa shape index (κ2) is 9.45. The monoisotopic (exact) mass is 449 g/mol. The molecule has 2 aromatic carbocycles. The van der Waals surface area contributed by atoms with E-state index >= 15 is 0 Å². The molecule has 10 heteroatoms. The van der Waals surface area contributed by atoms with E-state index < -0.39 is 26.8 Å². The maximum atomic E-state index is 14.1. The maximum Gasteiger partial charge on any atom is 0.303 e. The molecule has 0 fully saturated rings. The van der Waals surface area contributed by atoms with Crippen LogP contribution in [0.3, 0.4) is 0 Å². The van der Waals surface area contributed by atoms with Crippen molar-refractivity contribution in [3.8, 4) is 5.75 Å². The van der Waals surface area contributed by atoms with Gasteiger partial charge >= 0.3 is 5.97 Å². The van der Waals surface area contributed by atoms with E-state index in [1.54, 1.807) is 24.3 Å². The highest BCUT2D eigenvalue weighted by atomic mass is 35.5. The molecular formula is C18H18Cl2FNO5S. The summed E-state index contributed by atoms with van der Waals surface area (Å²) in [6.07, 6.45) is 0.418. The lowest BCUT2D eigenvalue weighted by molar-refractivity contribution is -0.136. The molecule has 6 nitrogen and oxygen atoms in total. The fraction of sp³-hybridized carbons (Fsp3) is 0.278. The summed E-state index contributed by atoms with van der Waals surface area (Å²) in [6.45, 7) is 1.30. The van der Waals surface area contributed by atoms with Gasteiger partial charge in [0.1, 0.15) is 23.2 Å². The zero-order valence-electron chi connectivity index (χ0n) is 14.8. The summed E-state index contributed by atoms with van der Waals surface area (Å²) < 4.78 is 45.4. The zero-order valence-corrected chi connectivity index (χ0v) is 17.2. The van der Waals surface area contributed by atoms with Gasteiger partial charge in [0.25, 0.3) is 0 Å². The van der Waals surface area contributed by atoms with Crippen LogP contribution < -0.4 is 9.46 Å². The third kappa shape index (κ3) is 5.98. The topological polar surface area (TPSA) is 92.7 Å². The Kier molecular flexibility index (Phi) is 7.51. The molecule has 0 amide bonds. The summed E-state index contributed by atoms with van der Waals surface area (Å²) >= 11 is 12.0. The van der Waals surface area contributed by atoms with Gasteiger partial charge in [-0.15, -0.1) is 0 Å². The van der Waals surface area contributed by atoms with Crippen LogP contribution in [0.15, 0.2) is 30.3 Å². The van der Waals surface area contributed by atoms with Gasteiger partial charge in [0, 0.05) is 12.0 Å². The number of nitrogens with one attached hydrogen (secondary N) is 1. The van der Waals surface area contributed by atoms with E-state index in [4.69, 9.17) is 33.0 Å². The Labute approximate surface area is 172 Å². The molecule has 0 aliphatic rings. The van der Waals surface area contributed by atoms with Crippen LogP contribution >= 0.6 is 23.2 Å². The lowest BCUT2D eigenvalue weighted by atomic mass is 10.1. The van der Waals surface area contributed by atoms with Crippen LogP contribution in [0.5, 0.6) is 5.75 Å². The lowest BCUT2D eigenvalue weighted by Gasteiger charge is -2.15. The molecule has 0 saturated heterocycles. The Balaban J connectivity index is 2.16. The third-order valence-electron chi connectivity index (χ3n) is 3.81. The highest BCUT2D eigenvalue weighted by Gasteiger charge is 2.20. The predicted molar refractivity (Wildman–Crippen MR) is 106 cm³/mol. The Hall–Kier alpha value is -2.03. The fourth-order valence-electron chi connectivity index (χ4n) is 2.24. The second-order valence-electron chi connectivity index (χ2n) is 5.85. The molecule has 2 N–H and O–H groups in total. The van der Waals surface area contributed by atoms with Crippen molar-refractivity contribution in [3.05, 3.63) is 57.3 Å². The van der Waals surface area contributed by atoms with Crippen LogP contribution in [-0.4, -0.2) is 25.2 Å². The van der Waals surface area contributed by atoms with Gasteiger partial charge in [-0.25, -0.2) is 12.8 Å². The van der Waals surface area contributed by atoms with Gasteiger partial charge in [-0.1, -0.05) is 35.3 Å². The van der Waals surface area contributed by atoms with Crippen molar-refractivity contribution in [2.75, 3.05) is 10.5 Å². The largest absolute Gasteiger partial charge is 0.489 e. The van der Waals surface area contributed by atoms with E-state index in [1.807, 2.05) is 0 Å². The van der Waals surface area contributed by atoms with Crippen LogP contribution in [0.25, 0.3) is 0 Å². The molecule has 0 spiro atoms. The summed E-state index contributed by atoms with van der Waals surface area (Å²) in [6, 6.07) is 7.83. The van der Waals surface area contributed by atoms with E-state index in [-0.39, 0.29) is 35.1 Å². The quantitative estimate of drug-likeness (QED) is 0.550. The Bertz CT molecular complexity index is 965. The maximum absolute atomic E-state index is 14.1. The second-order valence-corrected chi connectivity index (χ2v) is 8.62. The average molecular weight is 450 g/mol. The number of carboxylic acid groups (broad SMARTS) is 1. The number of aryl methyl sites for hydroxylation is 1. The van der Waals surface area contributed by atoms with E-state index in [0.29, 0.717) is 12.2 Å². The van der Waals surface area contributed by atoms with Gasteiger partial charge in [0.05, 0.1) is 16.5 Å². The first-order valence-corrected chi connectivity index (χ1v) is 10.6. The summed E-state index contributed by atoms with van der Waals surface area (Å²) in [7, 11) is -3.70. The minimum atomic E-state index is -3.70. The van der Waals surface area contributed by atoms with Crippen LogP contribution in [-0.2, 0) is 27.8 Å². The fourth-order valence-corrected chi connectivity index (χ4v) is 3.51. The van der Waals surface area contributed by atoms with E-state index in [2.05, 4.69) is 4.72 Å². The summed E-state index contributed by atoms with van der Waals surface area (Å²) in [5, 5.41) is 8.22. The van der Waals surface area contributed by atoms with Gasteiger partial charge in [-0.05, 0) is 37.1 Å². The molecule has 0 atom stereocenters. The predicted octanol–water partition coefficient (Wildman–Crippen LogP) is 4.49. The highest BCUT2D eigenvalue weighted by Crippen LogP contribution is 2.36. The zero-order chi connectivity index (χ0) is 20.9. The number of hydrogen-bond donors (Lipinski definition) is 2. The molecule has 152 valence electrons. The highest BCUT2D eigenvalue weighted by molar-refractivity contribution is 7.92. The standard InChI is InChI=1S/C18H18Cl2FNO5S/c1-2-28(25,26)22-18-16(19)12(9-14(21)17(18)20)10-27-13-6-3-11(4-7-13)5-8-15(23)24/h3-4,6-7,9,22H,2,5,8,10H2,1H3,(H,23,24). The van der Waals surface area contributed by atoms with Crippen molar-refractivity contribution in [2.45, 2.75) is 26.4 Å². The van der Waals surface area contributed by atoms with Gasteiger partial charge in [-0.2, -0.15) is 0 Å². The number of carboxylic acids is 1. The number of anilines is 1. The first-order valence-electron chi connectivity index (χ1n) is 8.23. The van der Waals surface area contributed by atoms with E-state index in [9.17, 15) is 17.6 Å². The number of halogens is 3. The minimum absolute atomic E-state index is 0.0241. The summed E-state index contributed by atoms with van der Waals surface area (Å²) in [5.41, 5.74) is 0.821. The van der Waals surface area contributed by atoms with Crippen molar-refractivity contribution in [3.63, 3.8) is 0 Å². The number of sulfonamides is 1. The lowest BCUT2D eigenvalue weighted by Crippen LogP contribution is -2.16. The molecule has 28 heavy (non-hydrogen) atoms. The first-order chi connectivity index (χ1) is 13.1. The summed E-state index contributed by atoms with van der Waals surface area (Å²) in [4.78, 5) is 10.6. The van der Waals surface area contributed by atoms with E-state index in [0.717, 1.165) is 11.6 Å². The number of aliphatic carboxylic acids is 1. The molecule has 2 aromatic rings. The Morgan fingerprint density at radius 2 is 1.86 bits per heavy atom. The SMILES string of the molecule is CCS(=O)(=O)Nc1c(Cl)c(F)cc(COc2ccc(CCC(=O)O)cc2)c1Cl. The molecule has 0 unspecified atom stereocenters. The van der Waals surface area contributed by atoms with Crippen molar-refractivity contribution >= 4 is 44.9 Å². The molecule has 0 radical (unpaired) electrons. The smallest absolute Gasteiger partial charge is 0.303 e. The normalized spacial score (nSPS) is 11.3.